The lowest BCUT2D eigenvalue weighted by molar-refractivity contribution is 0.102. The number of ether oxygens (including phenoxy) is 1. The molecular weight excluding hydrogens is 296 g/mol. The number of aromatic nitrogens is 5. The van der Waals surface area contributed by atoms with E-state index in [1.54, 1.807) is 24.3 Å². The van der Waals surface area contributed by atoms with Crippen molar-refractivity contribution in [3.63, 3.8) is 0 Å². The van der Waals surface area contributed by atoms with E-state index in [9.17, 15) is 4.79 Å². The lowest BCUT2D eigenvalue weighted by Crippen LogP contribution is -2.15. The fraction of sp³-hybridized carbons (Fsp3) is 0.133. The van der Waals surface area contributed by atoms with Crippen LogP contribution in [-0.2, 0) is 0 Å². The SMILES string of the molecule is CCOc1ccccc1C(=O)Nc1cc(-n2cncn2)ncn1. The summed E-state index contributed by atoms with van der Waals surface area (Å²) in [5.74, 6) is 1.09. The van der Waals surface area contributed by atoms with E-state index in [0.29, 0.717) is 29.6 Å². The predicted molar refractivity (Wildman–Crippen MR) is 82.5 cm³/mol. The highest BCUT2D eigenvalue weighted by Gasteiger charge is 2.13. The van der Waals surface area contributed by atoms with Crippen LogP contribution < -0.4 is 10.1 Å². The number of nitrogens with one attached hydrogen (secondary N) is 1. The van der Waals surface area contributed by atoms with Crippen molar-refractivity contribution >= 4 is 11.7 Å². The lowest BCUT2D eigenvalue weighted by atomic mass is 10.2. The first-order chi connectivity index (χ1) is 11.3. The maximum Gasteiger partial charge on any atom is 0.260 e. The zero-order valence-corrected chi connectivity index (χ0v) is 12.4. The van der Waals surface area contributed by atoms with Crippen LogP contribution in [0.1, 0.15) is 17.3 Å². The molecule has 1 N–H and O–H groups in total. The normalized spacial score (nSPS) is 10.3. The summed E-state index contributed by atoms with van der Waals surface area (Å²) >= 11 is 0. The Bertz CT molecular complexity index is 803. The average Bonchev–Trinajstić information content (AvgIpc) is 3.10. The predicted octanol–water partition coefficient (Wildman–Crippen LogP) is 1.71. The Balaban J connectivity index is 1.82. The summed E-state index contributed by atoms with van der Waals surface area (Å²) < 4.78 is 6.94. The van der Waals surface area contributed by atoms with Gasteiger partial charge >= 0.3 is 0 Å². The molecule has 3 rings (SSSR count). The van der Waals surface area contributed by atoms with Gasteiger partial charge in [-0.05, 0) is 19.1 Å². The third kappa shape index (κ3) is 3.31. The summed E-state index contributed by atoms with van der Waals surface area (Å²) in [7, 11) is 0. The molecule has 8 heteroatoms. The second-order valence-corrected chi connectivity index (χ2v) is 4.48. The minimum absolute atomic E-state index is 0.308. The molecule has 116 valence electrons. The van der Waals surface area contributed by atoms with Gasteiger partial charge < -0.3 is 10.1 Å². The molecule has 0 unspecified atom stereocenters. The Hall–Kier alpha value is -3.29. The summed E-state index contributed by atoms with van der Waals surface area (Å²) in [5, 5.41) is 6.71. The highest BCUT2D eigenvalue weighted by molar-refractivity contribution is 6.05. The summed E-state index contributed by atoms with van der Waals surface area (Å²) in [5.41, 5.74) is 0.440. The highest BCUT2D eigenvalue weighted by Crippen LogP contribution is 2.19. The molecule has 0 aliphatic rings. The van der Waals surface area contributed by atoms with Crippen molar-refractivity contribution in [2.24, 2.45) is 0 Å². The number of hydrogen-bond acceptors (Lipinski definition) is 6. The first kappa shape index (κ1) is 14.6. The van der Waals surface area contributed by atoms with Gasteiger partial charge in [0.1, 0.15) is 30.5 Å². The Morgan fingerprint density at radius 1 is 1.26 bits per heavy atom. The quantitative estimate of drug-likeness (QED) is 0.771. The van der Waals surface area contributed by atoms with Crippen LogP contribution in [0.2, 0.25) is 0 Å². The number of benzene rings is 1. The maximum atomic E-state index is 12.4. The molecule has 23 heavy (non-hydrogen) atoms. The monoisotopic (exact) mass is 310 g/mol. The zero-order valence-electron chi connectivity index (χ0n) is 12.4. The van der Waals surface area contributed by atoms with Gasteiger partial charge in [0.15, 0.2) is 5.82 Å². The topological polar surface area (TPSA) is 94.8 Å². The summed E-state index contributed by atoms with van der Waals surface area (Å²) in [6.07, 6.45) is 4.26. The van der Waals surface area contributed by atoms with Crippen LogP contribution in [0.15, 0.2) is 49.3 Å². The molecular formula is C15H14N6O2. The van der Waals surface area contributed by atoms with E-state index in [1.807, 2.05) is 13.0 Å². The van der Waals surface area contributed by atoms with E-state index in [1.165, 1.54) is 23.7 Å². The van der Waals surface area contributed by atoms with Crippen LogP contribution >= 0.6 is 0 Å². The van der Waals surface area contributed by atoms with Gasteiger partial charge in [-0.1, -0.05) is 12.1 Å². The van der Waals surface area contributed by atoms with Crippen molar-refractivity contribution < 1.29 is 9.53 Å². The Kier molecular flexibility index (Phi) is 4.23. The Labute approximate surface area is 132 Å². The first-order valence-electron chi connectivity index (χ1n) is 6.98. The molecule has 0 spiro atoms. The molecule has 2 aromatic heterocycles. The van der Waals surface area contributed by atoms with Crippen LogP contribution in [0.5, 0.6) is 5.75 Å². The smallest absolute Gasteiger partial charge is 0.260 e. The minimum atomic E-state index is -0.308. The molecule has 0 atom stereocenters. The largest absolute Gasteiger partial charge is 0.493 e. The standard InChI is InChI=1S/C15H14N6O2/c1-2-23-12-6-4-3-5-11(12)15(22)20-13-7-14(18-9-17-13)21-10-16-8-19-21/h3-10H,2H2,1H3,(H,17,18,20,22). The molecule has 0 fully saturated rings. The Morgan fingerprint density at radius 3 is 2.91 bits per heavy atom. The third-order valence-corrected chi connectivity index (χ3v) is 2.98. The van der Waals surface area contributed by atoms with Crippen LogP contribution in [0, 0.1) is 0 Å². The average molecular weight is 310 g/mol. The molecule has 0 saturated heterocycles. The number of para-hydroxylation sites is 1. The number of carbonyl (C=O) groups excluding carboxylic acids is 1. The van der Waals surface area contributed by atoms with Crippen molar-refractivity contribution in [1.82, 2.24) is 24.7 Å². The zero-order chi connectivity index (χ0) is 16.1. The van der Waals surface area contributed by atoms with E-state index in [-0.39, 0.29) is 5.91 Å². The maximum absolute atomic E-state index is 12.4. The molecule has 0 bridgehead atoms. The van der Waals surface area contributed by atoms with Gasteiger partial charge in [0, 0.05) is 6.07 Å². The molecule has 1 aromatic carbocycles. The number of amides is 1. The molecule has 2 heterocycles. The number of rotatable bonds is 5. The van der Waals surface area contributed by atoms with Crippen molar-refractivity contribution in [2.45, 2.75) is 6.92 Å². The second kappa shape index (κ2) is 6.65. The van der Waals surface area contributed by atoms with E-state index >= 15 is 0 Å². The van der Waals surface area contributed by atoms with Crippen molar-refractivity contribution in [3.05, 3.63) is 54.9 Å². The summed E-state index contributed by atoms with van der Waals surface area (Å²) in [6.45, 7) is 2.34. The summed E-state index contributed by atoms with van der Waals surface area (Å²) in [4.78, 5) is 24.4. The van der Waals surface area contributed by atoms with Crippen LogP contribution in [0.25, 0.3) is 5.82 Å². The molecule has 1 amide bonds. The van der Waals surface area contributed by atoms with E-state index in [4.69, 9.17) is 4.74 Å². The fourth-order valence-corrected chi connectivity index (χ4v) is 1.99. The molecule has 0 saturated carbocycles. The van der Waals surface area contributed by atoms with E-state index in [0.717, 1.165) is 0 Å². The van der Waals surface area contributed by atoms with Gasteiger partial charge in [0.2, 0.25) is 0 Å². The van der Waals surface area contributed by atoms with E-state index < -0.39 is 0 Å². The molecule has 0 radical (unpaired) electrons. The molecule has 8 nitrogen and oxygen atoms in total. The van der Waals surface area contributed by atoms with Gasteiger partial charge in [-0.15, -0.1) is 0 Å². The second-order valence-electron chi connectivity index (χ2n) is 4.48. The van der Waals surface area contributed by atoms with Gasteiger partial charge in [-0.3, -0.25) is 4.79 Å². The van der Waals surface area contributed by atoms with Crippen LogP contribution in [0.4, 0.5) is 5.82 Å². The van der Waals surface area contributed by atoms with Crippen LogP contribution in [0.3, 0.4) is 0 Å². The molecule has 0 aliphatic carbocycles. The highest BCUT2D eigenvalue weighted by atomic mass is 16.5. The van der Waals surface area contributed by atoms with Crippen LogP contribution in [-0.4, -0.2) is 37.2 Å². The Morgan fingerprint density at radius 2 is 2.13 bits per heavy atom. The molecule has 0 aliphatic heterocycles. The first-order valence-corrected chi connectivity index (χ1v) is 6.98. The van der Waals surface area contributed by atoms with Gasteiger partial charge in [-0.25, -0.2) is 19.6 Å². The van der Waals surface area contributed by atoms with Crippen molar-refractivity contribution in [3.8, 4) is 11.6 Å². The number of carbonyl (C=O) groups is 1. The third-order valence-electron chi connectivity index (χ3n) is 2.98. The summed E-state index contributed by atoms with van der Waals surface area (Å²) in [6, 6.07) is 8.64. The minimum Gasteiger partial charge on any atom is -0.493 e. The number of nitrogens with zero attached hydrogens (tertiary/aromatic N) is 5. The van der Waals surface area contributed by atoms with Gasteiger partial charge in [-0.2, -0.15) is 5.10 Å². The fourth-order valence-electron chi connectivity index (χ4n) is 1.99. The number of hydrogen-bond donors (Lipinski definition) is 1. The molecule has 3 aromatic rings. The van der Waals surface area contributed by atoms with Gasteiger partial charge in [0.05, 0.1) is 12.2 Å². The number of anilines is 1. The van der Waals surface area contributed by atoms with Crippen molar-refractivity contribution in [2.75, 3.05) is 11.9 Å². The van der Waals surface area contributed by atoms with Gasteiger partial charge in [0.25, 0.3) is 5.91 Å². The van der Waals surface area contributed by atoms with Crippen molar-refractivity contribution in [1.29, 1.82) is 0 Å². The van der Waals surface area contributed by atoms with E-state index in [2.05, 4.69) is 25.4 Å². The lowest BCUT2D eigenvalue weighted by Gasteiger charge is -2.10.